The first-order valence-electron chi connectivity index (χ1n) is 4.87. The van der Waals surface area contributed by atoms with Crippen molar-refractivity contribution < 1.29 is 13.6 Å². The number of nitrogens with zero attached hydrogens (tertiary/aromatic N) is 1. The molecule has 0 saturated carbocycles. The van der Waals surface area contributed by atoms with Gasteiger partial charge in [0.15, 0.2) is 5.78 Å². The Balaban J connectivity index is 3.58. The van der Waals surface area contributed by atoms with E-state index < -0.39 is 6.43 Å². The molecule has 16 heavy (non-hydrogen) atoms. The van der Waals surface area contributed by atoms with Crippen LogP contribution in [0.1, 0.15) is 47.3 Å². The third-order valence-corrected chi connectivity index (χ3v) is 2.41. The number of hydrogen-bond donors (Lipinski definition) is 0. The summed E-state index contributed by atoms with van der Waals surface area (Å²) in [5, 5.41) is 8.83. The van der Waals surface area contributed by atoms with Crippen LogP contribution in [0, 0.1) is 11.3 Å². The van der Waals surface area contributed by atoms with E-state index in [0.717, 1.165) is 0 Å². The quantitative estimate of drug-likeness (QED) is 0.738. The van der Waals surface area contributed by atoms with Gasteiger partial charge in [-0.05, 0) is 25.0 Å². The number of ketones is 1. The second kappa shape index (κ2) is 4.84. The number of Topliss-reactive ketones (excluding diaryl/α,β-unsaturated/α-hetero) is 1. The molecule has 2 nitrogen and oxygen atoms in total. The Labute approximate surface area is 92.5 Å². The molecule has 0 bridgehead atoms. The number of carbonyl (C=O) groups is 1. The minimum atomic E-state index is -2.62. The van der Waals surface area contributed by atoms with Gasteiger partial charge in [-0.25, -0.2) is 8.78 Å². The van der Waals surface area contributed by atoms with Crippen molar-refractivity contribution in [3.8, 4) is 6.07 Å². The molecule has 84 valence electrons. The number of alkyl halides is 2. The molecule has 0 fully saturated rings. The van der Waals surface area contributed by atoms with E-state index in [1.807, 2.05) is 6.07 Å². The lowest BCUT2D eigenvalue weighted by atomic mass is 9.92. The van der Waals surface area contributed by atoms with Crippen molar-refractivity contribution in [1.29, 1.82) is 5.26 Å². The van der Waals surface area contributed by atoms with E-state index in [1.54, 1.807) is 6.92 Å². The Morgan fingerprint density at radius 3 is 2.50 bits per heavy atom. The normalized spacial score (nSPS) is 10.2. The van der Waals surface area contributed by atoms with Gasteiger partial charge in [0.1, 0.15) is 0 Å². The van der Waals surface area contributed by atoms with E-state index >= 15 is 0 Å². The molecule has 0 N–H and O–H groups in total. The van der Waals surface area contributed by atoms with Crippen LogP contribution >= 0.6 is 0 Å². The zero-order chi connectivity index (χ0) is 12.3. The average molecular weight is 223 g/mol. The highest BCUT2D eigenvalue weighted by Gasteiger charge is 2.20. The smallest absolute Gasteiger partial charge is 0.264 e. The predicted molar refractivity (Wildman–Crippen MR) is 55.5 cm³/mol. The Morgan fingerprint density at radius 1 is 1.50 bits per heavy atom. The Kier molecular flexibility index (Phi) is 3.73. The first kappa shape index (κ1) is 12.3. The van der Waals surface area contributed by atoms with Crippen molar-refractivity contribution in [2.24, 2.45) is 0 Å². The Hall–Kier alpha value is -1.76. The summed E-state index contributed by atoms with van der Waals surface area (Å²) in [6.45, 7) is 2.97. The molecular formula is C12H11F2NO. The molecule has 0 aromatic heterocycles. The van der Waals surface area contributed by atoms with Gasteiger partial charge in [-0.1, -0.05) is 13.0 Å². The predicted octanol–water partition coefficient (Wildman–Crippen LogP) is 3.26. The summed E-state index contributed by atoms with van der Waals surface area (Å²) < 4.78 is 25.4. The topological polar surface area (TPSA) is 40.9 Å². The highest BCUT2D eigenvalue weighted by Crippen LogP contribution is 2.28. The summed E-state index contributed by atoms with van der Waals surface area (Å²) in [6.07, 6.45) is -2.31. The molecule has 1 aromatic rings. The monoisotopic (exact) mass is 223 g/mol. The number of hydrogen-bond acceptors (Lipinski definition) is 2. The van der Waals surface area contributed by atoms with Gasteiger partial charge in [0, 0.05) is 11.1 Å². The van der Waals surface area contributed by atoms with Crippen LogP contribution in [0.5, 0.6) is 0 Å². The van der Waals surface area contributed by atoms with Crippen LogP contribution in [-0.2, 0) is 6.42 Å². The molecule has 1 aromatic carbocycles. The lowest BCUT2D eigenvalue weighted by Crippen LogP contribution is -2.06. The number of rotatable bonds is 3. The van der Waals surface area contributed by atoms with E-state index in [0.29, 0.717) is 6.42 Å². The fourth-order valence-corrected chi connectivity index (χ4v) is 1.74. The molecule has 0 heterocycles. The van der Waals surface area contributed by atoms with Crippen LogP contribution in [0.15, 0.2) is 12.1 Å². The van der Waals surface area contributed by atoms with Crippen LogP contribution in [-0.4, -0.2) is 5.78 Å². The lowest BCUT2D eigenvalue weighted by Gasteiger charge is -2.12. The van der Waals surface area contributed by atoms with E-state index in [2.05, 4.69) is 0 Å². The number of nitriles is 1. The number of carbonyl (C=O) groups excluding carboxylic acids is 1. The molecular weight excluding hydrogens is 212 g/mol. The molecule has 0 saturated heterocycles. The maximum atomic E-state index is 12.7. The van der Waals surface area contributed by atoms with E-state index in [4.69, 9.17) is 5.26 Å². The lowest BCUT2D eigenvalue weighted by molar-refractivity contribution is 0.101. The molecule has 0 unspecified atom stereocenters. The first-order chi connectivity index (χ1) is 7.52. The maximum absolute atomic E-state index is 12.7. The fourth-order valence-electron chi connectivity index (χ4n) is 1.74. The fraction of sp³-hybridized carbons (Fsp3) is 0.333. The SMILES string of the molecule is CCc1c(C(F)F)ccc(C#N)c1C(C)=O. The standard InChI is InChI=1S/C12H11F2NO/c1-3-9-10(12(13)14)5-4-8(6-15)11(9)7(2)16/h4-5,12H,3H2,1-2H3. The van der Waals surface area contributed by atoms with E-state index in [-0.39, 0.29) is 28.0 Å². The summed E-state index contributed by atoms with van der Waals surface area (Å²) in [7, 11) is 0. The molecule has 0 radical (unpaired) electrons. The Bertz CT molecular complexity index is 461. The van der Waals surface area contributed by atoms with Gasteiger partial charge in [0.25, 0.3) is 6.43 Å². The van der Waals surface area contributed by atoms with Gasteiger partial charge in [-0.3, -0.25) is 4.79 Å². The summed E-state index contributed by atoms with van der Waals surface area (Å²) in [6, 6.07) is 4.34. The molecule has 1 rings (SSSR count). The summed E-state index contributed by atoms with van der Waals surface area (Å²) >= 11 is 0. The van der Waals surface area contributed by atoms with E-state index in [9.17, 15) is 13.6 Å². The second-order valence-corrected chi connectivity index (χ2v) is 3.38. The molecule has 0 aliphatic carbocycles. The van der Waals surface area contributed by atoms with Crippen molar-refractivity contribution in [1.82, 2.24) is 0 Å². The van der Waals surface area contributed by atoms with Crippen LogP contribution in [0.4, 0.5) is 8.78 Å². The van der Waals surface area contributed by atoms with Gasteiger partial charge in [0.05, 0.1) is 11.6 Å². The van der Waals surface area contributed by atoms with Crippen LogP contribution < -0.4 is 0 Å². The van der Waals surface area contributed by atoms with Gasteiger partial charge < -0.3 is 0 Å². The molecule has 4 heteroatoms. The molecule has 0 aliphatic rings. The van der Waals surface area contributed by atoms with Crippen molar-refractivity contribution in [3.63, 3.8) is 0 Å². The maximum Gasteiger partial charge on any atom is 0.264 e. The van der Waals surface area contributed by atoms with Crippen molar-refractivity contribution in [2.75, 3.05) is 0 Å². The van der Waals surface area contributed by atoms with Gasteiger partial charge >= 0.3 is 0 Å². The van der Waals surface area contributed by atoms with Gasteiger partial charge in [0.2, 0.25) is 0 Å². The van der Waals surface area contributed by atoms with Crippen LogP contribution in [0.25, 0.3) is 0 Å². The van der Waals surface area contributed by atoms with E-state index in [1.165, 1.54) is 19.1 Å². The van der Waals surface area contributed by atoms with Crippen molar-refractivity contribution >= 4 is 5.78 Å². The number of benzene rings is 1. The van der Waals surface area contributed by atoms with Gasteiger partial charge in [-0.2, -0.15) is 5.26 Å². The molecule has 0 aliphatic heterocycles. The summed E-state index contributed by atoms with van der Waals surface area (Å²) in [4.78, 5) is 11.4. The minimum Gasteiger partial charge on any atom is -0.294 e. The molecule has 0 amide bonds. The van der Waals surface area contributed by atoms with Crippen LogP contribution in [0.2, 0.25) is 0 Å². The highest BCUT2D eigenvalue weighted by atomic mass is 19.3. The largest absolute Gasteiger partial charge is 0.294 e. The first-order valence-corrected chi connectivity index (χ1v) is 4.87. The zero-order valence-corrected chi connectivity index (χ0v) is 9.05. The third-order valence-electron chi connectivity index (χ3n) is 2.41. The average Bonchev–Trinajstić information content (AvgIpc) is 2.26. The molecule has 0 spiro atoms. The second-order valence-electron chi connectivity index (χ2n) is 3.38. The summed E-state index contributed by atoms with van der Waals surface area (Å²) in [5.74, 6) is -0.351. The van der Waals surface area contributed by atoms with Crippen molar-refractivity contribution in [2.45, 2.75) is 26.7 Å². The third kappa shape index (κ3) is 2.08. The Morgan fingerprint density at radius 2 is 2.12 bits per heavy atom. The van der Waals surface area contributed by atoms with Crippen molar-refractivity contribution in [3.05, 3.63) is 34.4 Å². The zero-order valence-electron chi connectivity index (χ0n) is 9.05. The minimum absolute atomic E-state index is 0.128. The van der Waals surface area contributed by atoms with Gasteiger partial charge in [-0.15, -0.1) is 0 Å². The molecule has 0 atom stereocenters. The van der Waals surface area contributed by atoms with Crippen LogP contribution in [0.3, 0.4) is 0 Å². The highest BCUT2D eigenvalue weighted by molar-refractivity contribution is 5.98. The number of halogens is 2. The summed E-state index contributed by atoms with van der Waals surface area (Å²) in [5.41, 5.74) is 0.407.